The van der Waals surface area contributed by atoms with Gasteiger partial charge < -0.3 is 0 Å². The monoisotopic (exact) mass is 282 g/mol. The number of nitro groups is 1. The third-order valence-electron chi connectivity index (χ3n) is 2.49. The molecule has 0 saturated heterocycles. The minimum absolute atomic E-state index is 0.0362. The van der Waals surface area contributed by atoms with E-state index in [1.807, 2.05) is 13.8 Å². The van der Waals surface area contributed by atoms with E-state index in [1.54, 1.807) is 0 Å². The van der Waals surface area contributed by atoms with Gasteiger partial charge in [0.25, 0.3) is 0 Å². The topological polar surface area (TPSA) is 99.6 Å². The number of aromatic nitrogens is 5. The fourth-order valence-electron chi connectivity index (χ4n) is 1.60. The van der Waals surface area contributed by atoms with E-state index in [4.69, 9.17) is 11.6 Å². The Kier molecular flexibility index (Phi) is 3.70. The molecule has 8 nitrogen and oxygen atoms in total. The third kappa shape index (κ3) is 2.39. The van der Waals surface area contributed by atoms with Gasteiger partial charge in [0.2, 0.25) is 11.0 Å². The molecule has 2 rings (SSSR count). The minimum Gasteiger partial charge on any atom is -0.258 e. The van der Waals surface area contributed by atoms with Gasteiger partial charge >= 0.3 is 5.69 Å². The van der Waals surface area contributed by atoms with Crippen LogP contribution in [-0.4, -0.2) is 29.7 Å². The Balaban J connectivity index is 2.68. The summed E-state index contributed by atoms with van der Waals surface area (Å²) in [4.78, 5) is 22.3. The molecule has 0 aliphatic heterocycles. The summed E-state index contributed by atoms with van der Waals surface area (Å²) in [5, 5.41) is 15.1. The van der Waals surface area contributed by atoms with Crippen LogP contribution in [-0.2, 0) is 12.8 Å². The molecule has 2 aromatic heterocycles. The van der Waals surface area contributed by atoms with E-state index < -0.39 is 4.92 Å². The molecule has 0 amide bonds. The van der Waals surface area contributed by atoms with Crippen LogP contribution in [0.3, 0.4) is 0 Å². The summed E-state index contributed by atoms with van der Waals surface area (Å²) >= 11 is 5.76. The van der Waals surface area contributed by atoms with Crippen molar-refractivity contribution in [2.45, 2.75) is 26.7 Å². The zero-order valence-corrected chi connectivity index (χ0v) is 11.1. The van der Waals surface area contributed by atoms with E-state index >= 15 is 0 Å². The van der Waals surface area contributed by atoms with E-state index in [-0.39, 0.29) is 16.7 Å². The van der Waals surface area contributed by atoms with Crippen molar-refractivity contribution in [3.8, 4) is 5.82 Å². The molecule has 0 aliphatic rings. The smallest absolute Gasteiger partial charge is 0.258 e. The lowest BCUT2D eigenvalue weighted by molar-refractivity contribution is -0.385. The molecule has 19 heavy (non-hydrogen) atoms. The zero-order valence-electron chi connectivity index (χ0n) is 10.4. The second-order valence-electron chi connectivity index (χ2n) is 3.66. The molecule has 2 aromatic rings. The fourth-order valence-corrected chi connectivity index (χ4v) is 1.80. The maximum absolute atomic E-state index is 11.1. The molecule has 0 spiro atoms. The van der Waals surface area contributed by atoms with Crippen molar-refractivity contribution >= 4 is 17.3 Å². The lowest BCUT2D eigenvalue weighted by atomic mass is 10.4. The molecule has 0 bridgehead atoms. The summed E-state index contributed by atoms with van der Waals surface area (Å²) in [7, 11) is 0. The van der Waals surface area contributed by atoms with Gasteiger partial charge in [0.05, 0.1) is 4.92 Å². The van der Waals surface area contributed by atoms with Gasteiger partial charge in [0, 0.05) is 12.8 Å². The SMILES string of the molecule is CCc1nc(CC)n(-c2ncnc(Cl)c2[N+](=O)[O-])n1. The molecular formula is C10H11ClN6O2. The molecule has 0 aliphatic carbocycles. The van der Waals surface area contributed by atoms with Crippen LogP contribution in [0.5, 0.6) is 0 Å². The van der Waals surface area contributed by atoms with Crippen molar-refractivity contribution in [3.05, 3.63) is 33.2 Å². The van der Waals surface area contributed by atoms with Crippen molar-refractivity contribution < 1.29 is 4.92 Å². The Morgan fingerprint density at radius 3 is 2.68 bits per heavy atom. The highest BCUT2D eigenvalue weighted by Gasteiger charge is 2.25. The van der Waals surface area contributed by atoms with Crippen molar-refractivity contribution in [1.82, 2.24) is 24.7 Å². The summed E-state index contributed by atoms with van der Waals surface area (Å²) in [6, 6.07) is 0. The Hall–Kier alpha value is -2.09. The molecule has 0 radical (unpaired) electrons. The van der Waals surface area contributed by atoms with Gasteiger partial charge in [-0.1, -0.05) is 25.4 Å². The number of aryl methyl sites for hydroxylation is 2. The standard InChI is InChI=1S/C10H11ClN6O2/c1-3-6-14-7(4-2)16(15-6)10-8(17(18)19)9(11)12-5-13-10/h5H,3-4H2,1-2H3. The normalized spacial score (nSPS) is 10.7. The molecule has 0 aromatic carbocycles. The first kappa shape index (κ1) is 13.3. The summed E-state index contributed by atoms with van der Waals surface area (Å²) < 4.78 is 1.35. The molecule has 0 saturated carbocycles. The predicted octanol–water partition coefficient (Wildman–Crippen LogP) is 1.74. The number of halogens is 1. The van der Waals surface area contributed by atoms with Gasteiger partial charge in [-0.05, 0) is 0 Å². The molecular weight excluding hydrogens is 272 g/mol. The Bertz CT molecular complexity index is 626. The Labute approximate surface area is 113 Å². The third-order valence-corrected chi connectivity index (χ3v) is 2.77. The van der Waals surface area contributed by atoms with Crippen LogP contribution in [0.25, 0.3) is 5.82 Å². The predicted molar refractivity (Wildman–Crippen MR) is 67.4 cm³/mol. The molecule has 100 valence electrons. The summed E-state index contributed by atoms with van der Waals surface area (Å²) in [6.45, 7) is 3.79. The van der Waals surface area contributed by atoms with Gasteiger partial charge in [-0.3, -0.25) is 10.1 Å². The summed E-state index contributed by atoms with van der Waals surface area (Å²) in [6.07, 6.45) is 2.37. The van der Waals surface area contributed by atoms with Crippen LogP contribution < -0.4 is 0 Å². The van der Waals surface area contributed by atoms with E-state index in [1.165, 1.54) is 4.68 Å². The van der Waals surface area contributed by atoms with Gasteiger partial charge in [0.1, 0.15) is 12.2 Å². The van der Waals surface area contributed by atoms with E-state index in [0.717, 1.165) is 6.33 Å². The highest BCUT2D eigenvalue weighted by Crippen LogP contribution is 2.27. The molecule has 2 heterocycles. The average molecular weight is 283 g/mol. The molecule has 0 atom stereocenters. The number of hydrogen-bond donors (Lipinski definition) is 0. The van der Waals surface area contributed by atoms with Crippen LogP contribution >= 0.6 is 11.6 Å². The van der Waals surface area contributed by atoms with Crippen LogP contribution in [0.2, 0.25) is 5.15 Å². The highest BCUT2D eigenvalue weighted by molar-refractivity contribution is 6.31. The first-order chi connectivity index (χ1) is 9.08. The summed E-state index contributed by atoms with van der Waals surface area (Å²) in [5.41, 5.74) is -0.369. The van der Waals surface area contributed by atoms with Crippen LogP contribution in [0.4, 0.5) is 5.69 Å². The quantitative estimate of drug-likeness (QED) is 0.481. The van der Waals surface area contributed by atoms with E-state index in [9.17, 15) is 10.1 Å². The summed E-state index contributed by atoms with van der Waals surface area (Å²) in [5.74, 6) is 1.23. The van der Waals surface area contributed by atoms with Crippen molar-refractivity contribution in [2.75, 3.05) is 0 Å². The molecule has 0 unspecified atom stereocenters. The van der Waals surface area contributed by atoms with E-state index in [2.05, 4.69) is 20.1 Å². The van der Waals surface area contributed by atoms with Gasteiger partial charge in [-0.25, -0.2) is 15.0 Å². The molecule has 0 fully saturated rings. The largest absolute Gasteiger partial charge is 0.350 e. The van der Waals surface area contributed by atoms with E-state index in [0.29, 0.717) is 24.5 Å². The fraction of sp³-hybridized carbons (Fsp3) is 0.400. The van der Waals surface area contributed by atoms with Gasteiger partial charge in [-0.2, -0.15) is 4.68 Å². The maximum Gasteiger partial charge on any atom is 0.350 e. The molecule has 9 heteroatoms. The lowest BCUT2D eigenvalue weighted by Crippen LogP contribution is -2.09. The van der Waals surface area contributed by atoms with Gasteiger partial charge in [0.15, 0.2) is 5.82 Å². The van der Waals surface area contributed by atoms with Crippen molar-refractivity contribution in [3.63, 3.8) is 0 Å². The second kappa shape index (κ2) is 5.27. The van der Waals surface area contributed by atoms with Crippen molar-refractivity contribution in [1.29, 1.82) is 0 Å². The van der Waals surface area contributed by atoms with Gasteiger partial charge in [-0.15, -0.1) is 5.10 Å². The van der Waals surface area contributed by atoms with Crippen LogP contribution in [0, 0.1) is 10.1 Å². The van der Waals surface area contributed by atoms with Crippen molar-refractivity contribution in [2.24, 2.45) is 0 Å². The maximum atomic E-state index is 11.1. The number of rotatable bonds is 4. The number of nitrogens with zero attached hydrogens (tertiary/aromatic N) is 6. The first-order valence-electron chi connectivity index (χ1n) is 5.68. The number of hydrogen-bond acceptors (Lipinski definition) is 6. The lowest BCUT2D eigenvalue weighted by Gasteiger charge is -2.04. The minimum atomic E-state index is -0.621. The zero-order chi connectivity index (χ0) is 14.0. The Morgan fingerprint density at radius 2 is 2.11 bits per heavy atom. The Morgan fingerprint density at radius 1 is 1.37 bits per heavy atom. The molecule has 0 N–H and O–H groups in total. The average Bonchev–Trinajstić information content (AvgIpc) is 2.81. The second-order valence-corrected chi connectivity index (χ2v) is 4.01. The highest BCUT2D eigenvalue weighted by atomic mass is 35.5. The first-order valence-corrected chi connectivity index (χ1v) is 6.06. The van der Waals surface area contributed by atoms with Crippen LogP contribution in [0.1, 0.15) is 25.5 Å². The van der Waals surface area contributed by atoms with Crippen LogP contribution in [0.15, 0.2) is 6.33 Å².